The van der Waals surface area contributed by atoms with Crippen LogP contribution in [-0.4, -0.2) is 39.0 Å². The van der Waals surface area contributed by atoms with Crippen LogP contribution in [0, 0.1) is 50.4 Å². The first-order valence-electron chi connectivity index (χ1n) is 19.6. The van der Waals surface area contributed by atoms with Gasteiger partial charge in [0, 0.05) is 38.2 Å². The third-order valence-corrected chi connectivity index (χ3v) is 11.0. The van der Waals surface area contributed by atoms with Gasteiger partial charge in [-0.2, -0.15) is 23.7 Å². The van der Waals surface area contributed by atoms with E-state index in [2.05, 4.69) is 36.0 Å². The number of nitriles is 2. The monoisotopic (exact) mass is 816 g/mol. The average Bonchev–Trinajstić information content (AvgIpc) is 3.77. The Morgan fingerprint density at radius 3 is 1.40 bits per heavy atom. The van der Waals surface area contributed by atoms with E-state index in [1.165, 1.54) is 12.1 Å². The second kappa shape index (κ2) is 14.2. The second-order valence-corrected chi connectivity index (χ2v) is 15.0. The number of rotatable bonds is 5. The minimum atomic E-state index is -4.83. The number of fused-ring (bicyclic) bond motifs is 6. The number of hydrogen-bond acceptors (Lipinski definition) is 8. The van der Waals surface area contributed by atoms with Gasteiger partial charge < -0.3 is 9.13 Å². The zero-order chi connectivity index (χ0) is 43.0. The van der Waals surface area contributed by atoms with Gasteiger partial charge in [-0.1, -0.05) is 42.5 Å². The number of hydrogen-bond donors (Lipinski definition) is 0. The summed E-state index contributed by atoms with van der Waals surface area (Å²) in [5, 5.41) is 24.0. The Kier molecular flexibility index (Phi) is 8.68. The molecule has 0 bridgehead atoms. The molecule has 0 spiro atoms. The lowest BCUT2D eigenvalue weighted by Gasteiger charge is -2.21. The van der Waals surface area contributed by atoms with Crippen molar-refractivity contribution >= 4 is 43.6 Å². The van der Waals surface area contributed by atoms with Crippen molar-refractivity contribution in [1.82, 2.24) is 39.0 Å². The van der Waals surface area contributed by atoms with Crippen LogP contribution in [0.25, 0.3) is 88.9 Å². The highest BCUT2D eigenvalue weighted by atomic mass is 19.4. The van der Waals surface area contributed by atoms with Crippen LogP contribution in [-0.2, 0) is 6.18 Å². The smallest absolute Gasteiger partial charge is 0.307 e. The van der Waals surface area contributed by atoms with Gasteiger partial charge in [-0.05, 0) is 106 Å². The maximum absolute atomic E-state index is 14.9. The van der Waals surface area contributed by atoms with E-state index in [4.69, 9.17) is 0 Å². The molecule has 0 aliphatic carbocycles. The molecule has 4 heterocycles. The van der Waals surface area contributed by atoms with Crippen molar-refractivity contribution in [3.8, 4) is 57.4 Å². The largest absolute Gasteiger partial charge is 0.417 e. The maximum Gasteiger partial charge on any atom is 0.417 e. The first-order chi connectivity index (χ1) is 29.9. The third kappa shape index (κ3) is 6.18. The zero-order valence-electron chi connectivity index (χ0n) is 33.6. The van der Waals surface area contributed by atoms with Crippen LogP contribution < -0.4 is 0 Å². The molecular weight excluding hydrogens is 786 g/mol. The molecule has 10 nitrogen and oxygen atoms in total. The molecule has 6 aromatic carbocycles. The fraction of sp³-hybridized carbons (Fsp3) is 0.102. The molecule has 62 heavy (non-hydrogen) atoms. The lowest BCUT2D eigenvalue weighted by molar-refractivity contribution is -0.137. The molecule has 10 aromatic rings. The van der Waals surface area contributed by atoms with Crippen LogP contribution in [0.1, 0.15) is 40.0 Å². The quantitative estimate of drug-likeness (QED) is 0.168. The molecule has 0 aliphatic heterocycles. The SMILES string of the molecule is Cc1nc(C)nc(-c2ccc3c(c2)c2ccccc2n3-c2cc(C#N)c(-c3ccc(C#N)cc3C(F)(F)F)cc2-n2c3ccccc3c3cc(-c4nc(C)nc(C)n4)ccc32)n1. The molecule has 0 unspecified atom stereocenters. The number of para-hydroxylation sites is 2. The number of nitrogens with zero attached hydrogens (tertiary/aromatic N) is 10. The molecule has 10 rings (SSSR count). The maximum atomic E-state index is 14.9. The molecule has 0 saturated heterocycles. The molecule has 0 amide bonds. The molecule has 0 saturated carbocycles. The fourth-order valence-electron chi connectivity index (χ4n) is 8.57. The van der Waals surface area contributed by atoms with Gasteiger partial charge in [0.15, 0.2) is 11.6 Å². The summed E-state index contributed by atoms with van der Waals surface area (Å²) in [5.41, 5.74) is 4.42. The van der Waals surface area contributed by atoms with Gasteiger partial charge in [0.1, 0.15) is 23.3 Å². The highest BCUT2D eigenvalue weighted by molar-refractivity contribution is 6.13. The van der Waals surface area contributed by atoms with Crippen molar-refractivity contribution < 1.29 is 13.2 Å². The van der Waals surface area contributed by atoms with E-state index < -0.39 is 11.7 Å². The van der Waals surface area contributed by atoms with Crippen LogP contribution >= 0.6 is 0 Å². The molecular formula is C49H31F3N10. The van der Waals surface area contributed by atoms with Crippen molar-refractivity contribution in [2.24, 2.45) is 0 Å². The molecule has 13 heteroatoms. The van der Waals surface area contributed by atoms with E-state index in [9.17, 15) is 23.7 Å². The first kappa shape index (κ1) is 37.9. The number of aromatic nitrogens is 8. The van der Waals surface area contributed by atoms with Gasteiger partial charge in [0.2, 0.25) is 0 Å². The Hall–Kier alpha value is -8.29. The third-order valence-electron chi connectivity index (χ3n) is 11.0. The molecule has 0 fully saturated rings. The van der Waals surface area contributed by atoms with Crippen molar-refractivity contribution in [3.05, 3.63) is 155 Å². The Bertz CT molecular complexity index is 3570. The number of aryl methyl sites for hydroxylation is 4. The minimum absolute atomic E-state index is 0.0151. The van der Waals surface area contributed by atoms with Crippen LogP contribution in [0.15, 0.2) is 115 Å². The Morgan fingerprint density at radius 1 is 0.468 bits per heavy atom. The highest BCUT2D eigenvalue weighted by Crippen LogP contribution is 2.44. The Morgan fingerprint density at radius 2 is 0.935 bits per heavy atom. The van der Waals surface area contributed by atoms with Crippen LogP contribution in [0.2, 0.25) is 0 Å². The van der Waals surface area contributed by atoms with Crippen LogP contribution in [0.4, 0.5) is 13.2 Å². The summed E-state index contributed by atoms with van der Waals surface area (Å²) in [6.45, 7) is 7.27. The summed E-state index contributed by atoms with van der Waals surface area (Å²) < 4.78 is 48.9. The van der Waals surface area contributed by atoms with E-state index >= 15 is 0 Å². The number of alkyl halides is 3. The predicted octanol–water partition coefficient (Wildman–Crippen LogP) is 11.2. The van der Waals surface area contributed by atoms with Crippen molar-refractivity contribution in [1.29, 1.82) is 10.5 Å². The summed E-state index contributed by atoms with van der Waals surface area (Å²) in [6, 6.07) is 38.3. The summed E-state index contributed by atoms with van der Waals surface area (Å²) >= 11 is 0. The topological polar surface area (TPSA) is 135 Å². The molecule has 0 aliphatic rings. The average molecular weight is 817 g/mol. The fourth-order valence-corrected chi connectivity index (χ4v) is 8.57. The van der Waals surface area contributed by atoms with Crippen molar-refractivity contribution in [2.45, 2.75) is 33.9 Å². The van der Waals surface area contributed by atoms with Gasteiger partial charge in [-0.3, -0.25) is 0 Å². The first-order valence-corrected chi connectivity index (χ1v) is 19.6. The van der Waals surface area contributed by atoms with E-state index in [1.807, 2.05) is 128 Å². The summed E-state index contributed by atoms with van der Waals surface area (Å²) in [7, 11) is 0. The van der Waals surface area contributed by atoms with Crippen LogP contribution in [0.3, 0.4) is 0 Å². The van der Waals surface area contributed by atoms with E-state index in [0.717, 1.165) is 60.8 Å². The van der Waals surface area contributed by atoms with Gasteiger partial charge >= 0.3 is 6.18 Å². The molecule has 4 aromatic heterocycles. The van der Waals surface area contributed by atoms with Gasteiger partial charge in [-0.25, -0.2) is 29.9 Å². The zero-order valence-corrected chi connectivity index (χ0v) is 33.6. The van der Waals surface area contributed by atoms with Crippen molar-refractivity contribution in [2.75, 3.05) is 0 Å². The number of benzene rings is 6. The minimum Gasteiger partial charge on any atom is -0.307 e. The molecule has 0 radical (unpaired) electrons. The summed E-state index contributed by atoms with van der Waals surface area (Å²) in [5.74, 6) is 3.40. The van der Waals surface area contributed by atoms with E-state index in [-0.39, 0.29) is 22.3 Å². The lowest BCUT2D eigenvalue weighted by Crippen LogP contribution is -2.10. The van der Waals surface area contributed by atoms with Crippen LogP contribution in [0.5, 0.6) is 0 Å². The second-order valence-electron chi connectivity index (χ2n) is 15.0. The van der Waals surface area contributed by atoms with Gasteiger partial charge in [0.25, 0.3) is 0 Å². The molecule has 0 atom stereocenters. The summed E-state index contributed by atoms with van der Waals surface area (Å²) in [6.07, 6.45) is -4.83. The Balaban J connectivity index is 1.33. The Labute approximate surface area is 351 Å². The van der Waals surface area contributed by atoms with E-state index in [0.29, 0.717) is 46.3 Å². The number of halogens is 3. The molecule has 298 valence electrons. The highest BCUT2D eigenvalue weighted by Gasteiger charge is 2.35. The predicted molar refractivity (Wildman–Crippen MR) is 232 cm³/mol. The van der Waals surface area contributed by atoms with Gasteiger partial charge in [-0.15, -0.1) is 0 Å². The molecule has 0 N–H and O–H groups in total. The standard InChI is InChI=1S/C49H31F3N10/c1-26-55-27(2)58-47(57-26)31-14-17-43-38(20-31)35-9-5-7-11-41(35)61(43)45-22-33(25-54)37(34-16-13-30(24-53)19-40(34)49(50,51)52)23-46(45)62-42-12-8-6-10-36(42)39-21-32(15-18-44(39)62)48-59-28(3)56-29(4)60-48/h5-23H,1-4H3. The van der Waals surface area contributed by atoms with Gasteiger partial charge in [0.05, 0.1) is 62.3 Å². The van der Waals surface area contributed by atoms with E-state index in [1.54, 1.807) is 12.1 Å². The normalized spacial score (nSPS) is 11.8. The lowest BCUT2D eigenvalue weighted by atomic mass is 9.92. The van der Waals surface area contributed by atoms with Crippen molar-refractivity contribution in [3.63, 3.8) is 0 Å². The summed E-state index contributed by atoms with van der Waals surface area (Å²) in [4.78, 5) is 27.2.